The molecule has 0 saturated carbocycles. The number of rotatable bonds is 6. The van der Waals surface area contributed by atoms with E-state index in [-0.39, 0.29) is 0 Å². The van der Waals surface area contributed by atoms with Gasteiger partial charge >= 0.3 is 0 Å². The van der Waals surface area contributed by atoms with Gasteiger partial charge in [-0.3, -0.25) is 4.68 Å². The molecule has 1 heterocycles. The molecule has 0 fully saturated rings. The molecule has 1 atom stereocenters. The van der Waals surface area contributed by atoms with Crippen LogP contribution in [0.1, 0.15) is 37.6 Å². The van der Waals surface area contributed by atoms with E-state index in [0.29, 0.717) is 17.6 Å². The summed E-state index contributed by atoms with van der Waals surface area (Å²) >= 11 is 6.11. The Morgan fingerprint density at radius 3 is 2.86 bits per heavy atom. The van der Waals surface area contributed by atoms with E-state index < -0.39 is 0 Å². The van der Waals surface area contributed by atoms with Crippen molar-refractivity contribution in [2.24, 2.45) is 0 Å². The molecule has 2 aromatic rings. The van der Waals surface area contributed by atoms with Crippen LogP contribution in [0.3, 0.4) is 0 Å². The number of hydrogen-bond donors (Lipinski definition) is 1. The van der Waals surface area contributed by atoms with Crippen molar-refractivity contribution in [1.82, 2.24) is 9.78 Å². The maximum absolute atomic E-state index is 6.11. The van der Waals surface area contributed by atoms with Crippen molar-refractivity contribution in [3.8, 4) is 5.75 Å². The maximum Gasteiger partial charge on any atom is 0.143 e. The highest BCUT2D eigenvalue weighted by Crippen LogP contribution is 2.31. The molecule has 2 rings (SSSR count). The summed E-state index contributed by atoms with van der Waals surface area (Å²) in [7, 11) is 1.64. The molecule has 1 aromatic carbocycles. The van der Waals surface area contributed by atoms with Gasteiger partial charge in [0.05, 0.1) is 25.0 Å². The highest BCUT2D eigenvalue weighted by atomic mass is 35.5. The zero-order valence-corrected chi connectivity index (χ0v) is 13.7. The Morgan fingerprint density at radius 1 is 1.43 bits per heavy atom. The van der Waals surface area contributed by atoms with E-state index in [1.807, 2.05) is 36.0 Å². The first kappa shape index (κ1) is 15.7. The Labute approximate surface area is 131 Å². The Bertz CT molecular complexity index is 610. The van der Waals surface area contributed by atoms with Crippen molar-refractivity contribution in [3.05, 3.63) is 40.7 Å². The zero-order chi connectivity index (χ0) is 15.4. The number of nitrogens with zero attached hydrogens (tertiary/aromatic N) is 2. The standard InChI is InChI=1S/C16H22ClN3O/c1-5-12(3)20-7-6-13(19-20)10-18-15-8-11(2)14(17)9-16(15)21-4/h6-9,12,18H,5,10H2,1-4H3. The Morgan fingerprint density at radius 2 is 2.19 bits per heavy atom. The largest absolute Gasteiger partial charge is 0.495 e. The molecule has 5 heteroatoms. The van der Waals surface area contributed by atoms with E-state index in [9.17, 15) is 0 Å². The van der Waals surface area contributed by atoms with E-state index in [0.717, 1.165) is 29.1 Å². The van der Waals surface area contributed by atoms with Gasteiger partial charge < -0.3 is 10.1 Å². The van der Waals surface area contributed by atoms with Crippen molar-refractivity contribution in [1.29, 1.82) is 0 Å². The second kappa shape index (κ2) is 6.85. The Kier molecular flexibility index (Phi) is 5.12. The maximum atomic E-state index is 6.11. The number of halogens is 1. The fourth-order valence-corrected chi connectivity index (χ4v) is 2.21. The van der Waals surface area contributed by atoms with Crippen molar-refractivity contribution < 1.29 is 4.74 Å². The lowest BCUT2D eigenvalue weighted by atomic mass is 10.2. The van der Waals surface area contributed by atoms with E-state index in [2.05, 4.69) is 24.3 Å². The van der Waals surface area contributed by atoms with Gasteiger partial charge in [-0.15, -0.1) is 0 Å². The minimum Gasteiger partial charge on any atom is -0.495 e. The van der Waals surface area contributed by atoms with Gasteiger partial charge in [0.25, 0.3) is 0 Å². The lowest BCUT2D eigenvalue weighted by molar-refractivity contribution is 0.416. The third-order valence-corrected chi connectivity index (χ3v) is 4.05. The van der Waals surface area contributed by atoms with Crippen LogP contribution in [-0.2, 0) is 6.54 Å². The van der Waals surface area contributed by atoms with Crippen molar-refractivity contribution in [2.75, 3.05) is 12.4 Å². The Balaban J connectivity index is 2.09. The first-order valence-electron chi connectivity index (χ1n) is 7.17. The number of aryl methyl sites for hydroxylation is 1. The van der Waals surface area contributed by atoms with Gasteiger partial charge in [0.2, 0.25) is 0 Å². The van der Waals surface area contributed by atoms with Crippen LogP contribution < -0.4 is 10.1 Å². The van der Waals surface area contributed by atoms with E-state index >= 15 is 0 Å². The van der Waals surface area contributed by atoms with Crippen LogP contribution in [0.2, 0.25) is 5.02 Å². The summed E-state index contributed by atoms with van der Waals surface area (Å²) in [5.41, 5.74) is 2.95. The number of aromatic nitrogens is 2. The normalized spacial score (nSPS) is 12.2. The van der Waals surface area contributed by atoms with E-state index in [1.165, 1.54) is 0 Å². The van der Waals surface area contributed by atoms with Gasteiger partial charge in [0.15, 0.2) is 0 Å². The lowest BCUT2D eigenvalue weighted by Gasteiger charge is -2.12. The molecule has 0 radical (unpaired) electrons. The summed E-state index contributed by atoms with van der Waals surface area (Å²) in [6, 6.07) is 6.28. The summed E-state index contributed by atoms with van der Waals surface area (Å²) in [5.74, 6) is 0.743. The predicted molar refractivity (Wildman–Crippen MR) is 87.3 cm³/mol. The molecule has 1 aromatic heterocycles. The fraction of sp³-hybridized carbons (Fsp3) is 0.438. The van der Waals surface area contributed by atoms with Gasteiger partial charge in [0, 0.05) is 23.3 Å². The van der Waals surface area contributed by atoms with Crippen molar-refractivity contribution >= 4 is 17.3 Å². The molecule has 0 aliphatic heterocycles. The minimum absolute atomic E-state index is 0.422. The highest BCUT2D eigenvalue weighted by molar-refractivity contribution is 6.31. The molecule has 0 aliphatic rings. The van der Waals surface area contributed by atoms with Gasteiger partial charge in [-0.1, -0.05) is 18.5 Å². The third kappa shape index (κ3) is 3.70. The van der Waals surface area contributed by atoms with Gasteiger partial charge in [-0.2, -0.15) is 5.10 Å². The average Bonchev–Trinajstić information content (AvgIpc) is 2.96. The monoisotopic (exact) mass is 307 g/mol. The molecule has 114 valence electrons. The molecular weight excluding hydrogens is 286 g/mol. The van der Waals surface area contributed by atoms with Crippen LogP contribution in [0.15, 0.2) is 24.4 Å². The quantitative estimate of drug-likeness (QED) is 0.857. The number of ether oxygens (including phenoxy) is 1. The average molecular weight is 308 g/mol. The van der Waals surface area contributed by atoms with Crippen LogP contribution in [0, 0.1) is 6.92 Å². The summed E-state index contributed by atoms with van der Waals surface area (Å²) < 4.78 is 7.36. The number of nitrogens with one attached hydrogen (secondary N) is 1. The molecule has 0 aliphatic carbocycles. The van der Waals surface area contributed by atoms with Crippen LogP contribution in [0.25, 0.3) is 0 Å². The number of methoxy groups -OCH3 is 1. The van der Waals surface area contributed by atoms with Crippen LogP contribution >= 0.6 is 11.6 Å². The molecule has 0 spiro atoms. The summed E-state index contributed by atoms with van der Waals surface area (Å²) in [6.45, 7) is 6.95. The second-order valence-corrected chi connectivity index (χ2v) is 5.61. The van der Waals surface area contributed by atoms with Gasteiger partial charge in [0.1, 0.15) is 5.75 Å². The first-order chi connectivity index (χ1) is 10.0. The van der Waals surface area contributed by atoms with E-state index in [4.69, 9.17) is 16.3 Å². The summed E-state index contributed by atoms with van der Waals surface area (Å²) in [4.78, 5) is 0. The minimum atomic E-state index is 0.422. The summed E-state index contributed by atoms with van der Waals surface area (Å²) in [6.07, 6.45) is 3.09. The highest BCUT2D eigenvalue weighted by Gasteiger charge is 2.08. The fourth-order valence-electron chi connectivity index (χ4n) is 2.06. The molecule has 4 nitrogen and oxygen atoms in total. The molecular formula is C16H22ClN3O. The molecule has 0 amide bonds. The summed E-state index contributed by atoms with van der Waals surface area (Å²) in [5, 5.41) is 8.65. The molecule has 0 saturated heterocycles. The number of benzene rings is 1. The van der Waals surface area contributed by atoms with Crippen molar-refractivity contribution in [3.63, 3.8) is 0 Å². The predicted octanol–water partition coefficient (Wildman–Crippen LogP) is 4.44. The lowest BCUT2D eigenvalue weighted by Crippen LogP contribution is -2.07. The molecule has 1 unspecified atom stereocenters. The van der Waals surface area contributed by atoms with Gasteiger partial charge in [-0.05, 0) is 38.0 Å². The zero-order valence-electron chi connectivity index (χ0n) is 13.0. The van der Waals surface area contributed by atoms with Crippen LogP contribution in [0.5, 0.6) is 5.75 Å². The van der Waals surface area contributed by atoms with Crippen LogP contribution in [-0.4, -0.2) is 16.9 Å². The number of anilines is 1. The van der Waals surface area contributed by atoms with Crippen LogP contribution in [0.4, 0.5) is 5.69 Å². The molecule has 1 N–H and O–H groups in total. The third-order valence-electron chi connectivity index (χ3n) is 3.65. The second-order valence-electron chi connectivity index (χ2n) is 5.20. The Hall–Kier alpha value is -1.68. The molecule has 0 bridgehead atoms. The van der Waals surface area contributed by atoms with Crippen molar-refractivity contribution in [2.45, 2.75) is 39.8 Å². The smallest absolute Gasteiger partial charge is 0.143 e. The molecule has 21 heavy (non-hydrogen) atoms. The van der Waals surface area contributed by atoms with Gasteiger partial charge in [-0.25, -0.2) is 0 Å². The number of hydrogen-bond acceptors (Lipinski definition) is 3. The first-order valence-corrected chi connectivity index (χ1v) is 7.55. The SMILES string of the molecule is CCC(C)n1ccc(CNc2cc(C)c(Cl)cc2OC)n1. The topological polar surface area (TPSA) is 39.1 Å². The van der Waals surface area contributed by atoms with E-state index in [1.54, 1.807) is 7.11 Å².